The number of anilines is 1. The molecule has 128 valence electrons. The zero-order valence-electron chi connectivity index (χ0n) is 12.5. The number of halogens is 2. The number of likely N-dealkylation sites (N-methyl/N-ethyl adjacent to an activating group) is 1. The van der Waals surface area contributed by atoms with Crippen molar-refractivity contribution in [2.45, 2.75) is 0 Å². The number of carbonyl (C=O) groups is 4. The van der Waals surface area contributed by atoms with E-state index in [1.165, 1.54) is 18.0 Å². The quantitative estimate of drug-likeness (QED) is 0.620. The van der Waals surface area contributed by atoms with E-state index in [2.05, 4.69) is 5.32 Å². The van der Waals surface area contributed by atoms with Crippen LogP contribution in [-0.2, 0) is 19.1 Å². The van der Waals surface area contributed by atoms with E-state index in [0.717, 1.165) is 4.90 Å². The van der Waals surface area contributed by atoms with E-state index in [4.69, 9.17) is 27.9 Å². The van der Waals surface area contributed by atoms with Crippen LogP contribution in [0.25, 0.3) is 0 Å². The molecule has 0 aromatic heterocycles. The highest BCUT2D eigenvalue weighted by atomic mass is 35.5. The molecular weight excluding hydrogens is 361 g/mol. The van der Waals surface area contributed by atoms with Gasteiger partial charge in [0.25, 0.3) is 11.8 Å². The summed E-state index contributed by atoms with van der Waals surface area (Å²) >= 11 is 11.7. The minimum atomic E-state index is -0.876. The average molecular weight is 374 g/mol. The Morgan fingerprint density at radius 1 is 1.29 bits per heavy atom. The Hall–Kier alpha value is -2.32. The van der Waals surface area contributed by atoms with Gasteiger partial charge < -0.3 is 15.0 Å². The van der Waals surface area contributed by atoms with Crippen LogP contribution in [0.1, 0.15) is 0 Å². The number of hydrogen-bond donors (Lipinski definition) is 1. The third-order valence-corrected chi connectivity index (χ3v) is 3.93. The van der Waals surface area contributed by atoms with E-state index in [9.17, 15) is 19.2 Å². The Balaban J connectivity index is 1.83. The maximum atomic E-state index is 11.8. The van der Waals surface area contributed by atoms with Crippen molar-refractivity contribution in [2.24, 2.45) is 0 Å². The standard InChI is InChI=1S/C14H13Cl2N3O5/c1-18-5-11(21)19(14(18)23)6-12(22)24-7-10(20)17-9-4-2-3-8(15)13(9)16/h2-4H,5-7H2,1H3,(H,17,20). The fourth-order valence-corrected chi connectivity index (χ4v) is 2.28. The highest BCUT2D eigenvalue weighted by Gasteiger charge is 2.35. The third kappa shape index (κ3) is 4.15. The van der Waals surface area contributed by atoms with Crippen molar-refractivity contribution in [3.8, 4) is 0 Å². The molecule has 0 bridgehead atoms. The lowest BCUT2D eigenvalue weighted by atomic mass is 10.3. The van der Waals surface area contributed by atoms with Crippen LogP contribution >= 0.6 is 23.2 Å². The van der Waals surface area contributed by atoms with Crippen molar-refractivity contribution >= 4 is 52.7 Å². The van der Waals surface area contributed by atoms with Crippen molar-refractivity contribution in [3.05, 3.63) is 28.2 Å². The van der Waals surface area contributed by atoms with Crippen LogP contribution in [0.5, 0.6) is 0 Å². The van der Waals surface area contributed by atoms with Gasteiger partial charge in [-0.25, -0.2) is 4.79 Å². The topological polar surface area (TPSA) is 96.0 Å². The van der Waals surface area contributed by atoms with Gasteiger partial charge in [-0.15, -0.1) is 0 Å². The largest absolute Gasteiger partial charge is 0.454 e. The molecule has 2 rings (SSSR count). The Kier molecular flexibility index (Phi) is 5.63. The fourth-order valence-electron chi connectivity index (χ4n) is 1.93. The van der Waals surface area contributed by atoms with Gasteiger partial charge in [0.05, 0.1) is 15.7 Å². The van der Waals surface area contributed by atoms with Crippen LogP contribution in [0.15, 0.2) is 18.2 Å². The van der Waals surface area contributed by atoms with Gasteiger partial charge in [-0.1, -0.05) is 29.3 Å². The van der Waals surface area contributed by atoms with Gasteiger partial charge in [0.2, 0.25) is 0 Å². The second-order valence-corrected chi connectivity index (χ2v) is 5.71. The minimum absolute atomic E-state index is 0.0974. The molecule has 4 amide bonds. The summed E-state index contributed by atoms with van der Waals surface area (Å²) in [5, 5.41) is 2.86. The maximum absolute atomic E-state index is 11.8. The van der Waals surface area contributed by atoms with Gasteiger partial charge in [-0.3, -0.25) is 19.3 Å². The monoisotopic (exact) mass is 373 g/mol. The molecule has 1 saturated heterocycles. The predicted octanol–water partition coefficient (Wildman–Crippen LogP) is 1.37. The number of rotatable bonds is 5. The summed E-state index contributed by atoms with van der Waals surface area (Å²) in [4.78, 5) is 48.5. The zero-order valence-corrected chi connectivity index (χ0v) is 14.1. The number of carbonyl (C=O) groups excluding carboxylic acids is 4. The first kappa shape index (κ1) is 18.0. The first-order valence-corrected chi connectivity index (χ1v) is 7.50. The summed E-state index contributed by atoms with van der Waals surface area (Å²) in [6.07, 6.45) is 0. The van der Waals surface area contributed by atoms with E-state index in [1.54, 1.807) is 12.1 Å². The summed E-state index contributed by atoms with van der Waals surface area (Å²) < 4.78 is 4.75. The molecule has 0 saturated carbocycles. The lowest BCUT2D eigenvalue weighted by Crippen LogP contribution is -2.37. The van der Waals surface area contributed by atoms with Crippen molar-refractivity contribution < 1.29 is 23.9 Å². The summed E-state index contributed by atoms with van der Waals surface area (Å²) in [7, 11) is 1.44. The molecule has 1 aromatic carbocycles. The number of esters is 1. The lowest BCUT2D eigenvalue weighted by Gasteiger charge is -2.13. The Morgan fingerprint density at radius 3 is 2.62 bits per heavy atom. The summed E-state index contributed by atoms with van der Waals surface area (Å²) in [6.45, 7) is -1.24. The molecule has 8 nitrogen and oxygen atoms in total. The highest BCUT2D eigenvalue weighted by Crippen LogP contribution is 2.29. The first-order chi connectivity index (χ1) is 11.3. The number of imide groups is 1. The van der Waals surface area contributed by atoms with Gasteiger partial charge >= 0.3 is 12.0 Å². The lowest BCUT2D eigenvalue weighted by molar-refractivity contribution is -0.149. The van der Waals surface area contributed by atoms with Crippen molar-refractivity contribution in [1.29, 1.82) is 0 Å². The maximum Gasteiger partial charge on any atom is 0.327 e. The summed E-state index contributed by atoms with van der Waals surface area (Å²) in [6, 6.07) is 4.09. The molecule has 1 aliphatic heterocycles. The number of benzene rings is 1. The van der Waals surface area contributed by atoms with E-state index in [1.807, 2.05) is 0 Å². The molecule has 0 spiro atoms. The van der Waals surface area contributed by atoms with E-state index < -0.39 is 37.0 Å². The predicted molar refractivity (Wildman–Crippen MR) is 85.8 cm³/mol. The molecule has 1 aromatic rings. The minimum Gasteiger partial charge on any atom is -0.454 e. The van der Waals surface area contributed by atoms with Gasteiger partial charge in [-0.05, 0) is 12.1 Å². The molecule has 0 atom stereocenters. The van der Waals surface area contributed by atoms with Crippen LogP contribution in [0.2, 0.25) is 10.0 Å². The van der Waals surface area contributed by atoms with Crippen LogP contribution < -0.4 is 5.32 Å². The number of ether oxygens (including phenoxy) is 1. The average Bonchev–Trinajstić information content (AvgIpc) is 2.76. The van der Waals surface area contributed by atoms with Crippen molar-refractivity contribution in [3.63, 3.8) is 0 Å². The molecule has 1 fully saturated rings. The SMILES string of the molecule is CN1CC(=O)N(CC(=O)OCC(=O)Nc2cccc(Cl)c2Cl)C1=O. The number of nitrogens with zero attached hydrogens (tertiary/aromatic N) is 2. The second-order valence-electron chi connectivity index (χ2n) is 4.93. The molecule has 1 aliphatic rings. The Morgan fingerprint density at radius 2 is 2.00 bits per heavy atom. The fraction of sp³-hybridized carbons (Fsp3) is 0.286. The first-order valence-electron chi connectivity index (χ1n) is 6.74. The molecule has 0 unspecified atom stereocenters. The van der Waals surface area contributed by atoms with Gasteiger partial charge in [0.1, 0.15) is 13.1 Å². The summed E-state index contributed by atoms with van der Waals surface area (Å²) in [5.41, 5.74) is 0.275. The second kappa shape index (κ2) is 7.50. The Bertz CT molecular complexity index is 710. The van der Waals surface area contributed by atoms with Gasteiger partial charge in [0, 0.05) is 7.05 Å². The van der Waals surface area contributed by atoms with E-state index in [0.29, 0.717) is 0 Å². The normalized spacial score (nSPS) is 14.1. The number of urea groups is 1. The van der Waals surface area contributed by atoms with Gasteiger partial charge in [0.15, 0.2) is 6.61 Å². The van der Waals surface area contributed by atoms with Crippen LogP contribution in [-0.4, -0.2) is 60.4 Å². The molecule has 1 heterocycles. The molecule has 0 aliphatic carbocycles. The van der Waals surface area contributed by atoms with Crippen LogP contribution in [0.3, 0.4) is 0 Å². The molecule has 1 N–H and O–H groups in total. The van der Waals surface area contributed by atoms with E-state index >= 15 is 0 Å². The van der Waals surface area contributed by atoms with Crippen molar-refractivity contribution in [2.75, 3.05) is 32.1 Å². The van der Waals surface area contributed by atoms with Crippen molar-refractivity contribution in [1.82, 2.24) is 9.80 Å². The Labute approximate surface area is 147 Å². The molecule has 0 radical (unpaired) electrons. The van der Waals surface area contributed by atoms with Gasteiger partial charge in [-0.2, -0.15) is 0 Å². The zero-order chi connectivity index (χ0) is 17.9. The molecular formula is C14H13Cl2N3O5. The number of hydrogen-bond acceptors (Lipinski definition) is 5. The molecule has 10 heteroatoms. The number of amides is 4. The van der Waals surface area contributed by atoms with Crippen LogP contribution in [0.4, 0.5) is 10.5 Å². The van der Waals surface area contributed by atoms with E-state index in [-0.39, 0.29) is 22.3 Å². The third-order valence-electron chi connectivity index (χ3n) is 3.11. The number of nitrogens with one attached hydrogen (secondary N) is 1. The molecule has 24 heavy (non-hydrogen) atoms. The summed E-state index contributed by atoms with van der Waals surface area (Å²) in [5.74, 6) is -2.02. The highest BCUT2D eigenvalue weighted by molar-refractivity contribution is 6.44. The smallest absolute Gasteiger partial charge is 0.327 e. The van der Waals surface area contributed by atoms with Crippen LogP contribution in [0, 0.1) is 0 Å².